The van der Waals surface area contributed by atoms with Gasteiger partial charge in [0.15, 0.2) is 10.4 Å². The quantitative estimate of drug-likeness (QED) is 0.872. The van der Waals surface area contributed by atoms with Gasteiger partial charge >= 0.3 is 0 Å². The minimum Gasteiger partial charge on any atom is -0.329 e. The summed E-state index contributed by atoms with van der Waals surface area (Å²) in [4.78, 5) is 10.4. The largest absolute Gasteiger partial charge is 0.329 e. The van der Waals surface area contributed by atoms with Crippen molar-refractivity contribution in [2.45, 2.75) is 32.7 Å². The maximum Gasteiger partial charge on any atom is 0.179 e. The second kappa shape index (κ2) is 5.43. The van der Waals surface area contributed by atoms with E-state index in [1.807, 2.05) is 13.0 Å². The van der Waals surface area contributed by atoms with Crippen molar-refractivity contribution in [1.82, 2.24) is 19.4 Å². The highest BCUT2D eigenvalue weighted by atomic mass is 32.1. The van der Waals surface area contributed by atoms with Crippen LogP contribution in [0.5, 0.6) is 0 Å². The lowest BCUT2D eigenvalue weighted by atomic mass is 10.3. The highest BCUT2D eigenvalue weighted by Gasteiger charge is 2.11. The van der Waals surface area contributed by atoms with Gasteiger partial charge in [-0.25, -0.2) is 4.98 Å². The van der Waals surface area contributed by atoms with Gasteiger partial charge in [0.25, 0.3) is 0 Å². The molecule has 0 aromatic carbocycles. The molecule has 1 N–H and O–H groups in total. The average Bonchev–Trinajstić information content (AvgIpc) is 2.99. The summed E-state index contributed by atoms with van der Waals surface area (Å²) >= 11 is 5.40. The SMILES string of the molecule is Cc1ccc2[nH]c(=S)n(CCCN3CCCC3)c2n1. The third kappa shape index (κ3) is 2.72. The van der Waals surface area contributed by atoms with Gasteiger partial charge in [0, 0.05) is 12.2 Å². The third-order valence-corrected chi connectivity index (χ3v) is 4.13. The summed E-state index contributed by atoms with van der Waals surface area (Å²) < 4.78 is 2.92. The van der Waals surface area contributed by atoms with E-state index in [4.69, 9.17) is 12.2 Å². The van der Waals surface area contributed by atoms with Crippen LogP contribution < -0.4 is 0 Å². The fourth-order valence-corrected chi connectivity index (χ4v) is 3.08. The zero-order valence-electron chi connectivity index (χ0n) is 11.4. The molecule has 1 fully saturated rings. The Morgan fingerprint density at radius 2 is 2.05 bits per heavy atom. The van der Waals surface area contributed by atoms with Gasteiger partial charge in [0.2, 0.25) is 0 Å². The molecule has 0 unspecified atom stereocenters. The molecule has 0 saturated carbocycles. The second-order valence-corrected chi connectivity index (χ2v) is 5.69. The lowest BCUT2D eigenvalue weighted by molar-refractivity contribution is 0.325. The van der Waals surface area contributed by atoms with E-state index in [0.29, 0.717) is 0 Å². The van der Waals surface area contributed by atoms with Gasteiger partial charge in [-0.1, -0.05) is 0 Å². The number of imidazole rings is 1. The van der Waals surface area contributed by atoms with Crippen molar-refractivity contribution in [3.63, 3.8) is 0 Å². The Kier molecular flexibility index (Phi) is 3.66. The summed E-state index contributed by atoms with van der Waals surface area (Å²) in [6.07, 6.45) is 3.84. The molecule has 0 amide bonds. The van der Waals surface area contributed by atoms with Crippen molar-refractivity contribution in [2.24, 2.45) is 0 Å². The van der Waals surface area contributed by atoms with Crippen molar-refractivity contribution in [3.05, 3.63) is 22.6 Å². The molecule has 0 spiro atoms. The molecule has 2 aromatic rings. The van der Waals surface area contributed by atoms with Crippen molar-refractivity contribution in [1.29, 1.82) is 0 Å². The zero-order valence-corrected chi connectivity index (χ0v) is 12.2. The van der Waals surface area contributed by atoms with E-state index in [2.05, 4.69) is 25.5 Å². The molecule has 4 nitrogen and oxygen atoms in total. The molecule has 0 atom stereocenters. The molecule has 3 rings (SSSR count). The normalized spacial score (nSPS) is 16.5. The minimum absolute atomic E-state index is 0.787. The van der Waals surface area contributed by atoms with E-state index in [9.17, 15) is 0 Å². The highest BCUT2D eigenvalue weighted by molar-refractivity contribution is 7.71. The number of likely N-dealkylation sites (tertiary alicyclic amines) is 1. The molecule has 5 heteroatoms. The number of pyridine rings is 1. The summed E-state index contributed by atoms with van der Waals surface area (Å²) in [5, 5.41) is 0. The third-order valence-electron chi connectivity index (χ3n) is 3.81. The Balaban J connectivity index is 1.74. The first-order valence-electron chi connectivity index (χ1n) is 7.02. The summed E-state index contributed by atoms with van der Waals surface area (Å²) in [6, 6.07) is 4.08. The van der Waals surface area contributed by atoms with Gasteiger partial charge in [-0.05, 0) is 70.2 Å². The van der Waals surface area contributed by atoms with Crippen LogP contribution in [0.1, 0.15) is 25.0 Å². The Morgan fingerprint density at radius 3 is 2.84 bits per heavy atom. The van der Waals surface area contributed by atoms with E-state index in [-0.39, 0.29) is 0 Å². The predicted octanol–water partition coefficient (Wildman–Crippen LogP) is 2.89. The number of aromatic amines is 1. The number of nitrogens with zero attached hydrogens (tertiary/aromatic N) is 3. The number of aryl methyl sites for hydroxylation is 2. The Bertz CT molecular complexity index is 622. The number of rotatable bonds is 4. The van der Waals surface area contributed by atoms with Crippen LogP contribution >= 0.6 is 12.2 Å². The van der Waals surface area contributed by atoms with Crippen LogP contribution in [0.3, 0.4) is 0 Å². The lowest BCUT2D eigenvalue weighted by Crippen LogP contribution is -2.21. The van der Waals surface area contributed by atoms with E-state index in [1.165, 1.54) is 32.5 Å². The summed E-state index contributed by atoms with van der Waals surface area (Å²) in [6.45, 7) is 6.66. The second-order valence-electron chi connectivity index (χ2n) is 5.31. The van der Waals surface area contributed by atoms with Crippen LogP contribution in [0.15, 0.2) is 12.1 Å². The van der Waals surface area contributed by atoms with Crippen LogP contribution in [0, 0.1) is 11.7 Å². The maximum absolute atomic E-state index is 5.40. The van der Waals surface area contributed by atoms with Crippen molar-refractivity contribution in [3.8, 4) is 0 Å². The van der Waals surface area contributed by atoms with Crippen LogP contribution in [0.2, 0.25) is 0 Å². The topological polar surface area (TPSA) is 36.9 Å². The Hall–Kier alpha value is -1.20. The average molecular weight is 276 g/mol. The van der Waals surface area contributed by atoms with Gasteiger partial charge < -0.3 is 14.5 Å². The molecule has 1 aliphatic rings. The first-order chi connectivity index (χ1) is 9.24. The molecular weight excluding hydrogens is 256 g/mol. The number of nitrogens with one attached hydrogen (secondary N) is 1. The van der Waals surface area contributed by atoms with E-state index in [0.717, 1.165) is 34.6 Å². The molecule has 0 bridgehead atoms. The van der Waals surface area contributed by atoms with Crippen LogP contribution in [-0.2, 0) is 6.54 Å². The Morgan fingerprint density at radius 1 is 1.26 bits per heavy atom. The highest BCUT2D eigenvalue weighted by Crippen LogP contribution is 2.14. The number of aromatic nitrogens is 3. The molecule has 3 heterocycles. The Labute approximate surface area is 118 Å². The molecule has 0 radical (unpaired) electrons. The van der Waals surface area contributed by atoms with Crippen molar-refractivity contribution >= 4 is 23.4 Å². The van der Waals surface area contributed by atoms with E-state index >= 15 is 0 Å². The number of hydrogen-bond donors (Lipinski definition) is 1. The van der Waals surface area contributed by atoms with Gasteiger partial charge in [-0.2, -0.15) is 0 Å². The monoisotopic (exact) mass is 276 g/mol. The van der Waals surface area contributed by atoms with E-state index < -0.39 is 0 Å². The minimum atomic E-state index is 0.787. The maximum atomic E-state index is 5.40. The first-order valence-corrected chi connectivity index (χ1v) is 7.43. The zero-order chi connectivity index (χ0) is 13.2. The standard InChI is InChI=1S/C14H20N4S/c1-11-5-6-12-13(15-11)18(14(19)16-12)10-4-9-17-7-2-3-8-17/h5-6H,2-4,7-10H2,1H3,(H,16,19). The predicted molar refractivity (Wildman–Crippen MR) is 79.9 cm³/mol. The summed E-state index contributed by atoms with van der Waals surface area (Å²) in [5.74, 6) is 0. The fourth-order valence-electron chi connectivity index (χ4n) is 2.79. The molecule has 0 aliphatic carbocycles. The van der Waals surface area contributed by atoms with Crippen LogP contribution in [0.4, 0.5) is 0 Å². The smallest absolute Gasteiger partial charge is 0.179 e. The van der Waals surface area contributed by atoms with Gasteiger partial charge in [0.1, 0.15) is 0 Å². The molecule has 19 heavy (non-hydrogen) atoms. The lowest BCUT2D eigenvalue weighted by Gasteiger charge is -2.14. The molecule has 1 aliphatic heterocycles. The van der Waals surface area contributed by atoms with E-state index in [1.54, 1.807) is 0 Å². The summed E-state index contributed by atoms with van der Waals surface area (Å²) in [7, 11) is 0. The molecule has 102 valence electrons. The molecule has 2 aromatic heterocycles. The number of fused-ring (bicyclic) bond motifs is 1. The fraction of sp³-hybridized carbons (Fsp3) is 0.571. The van der Waals surface area contributed by atoms with Crippen LogP contribution in [-0.4, -0.2) is 39.1 Å². The summed E-state index contributed by atoms with van der Waals surface area (Å²) in [5.41, 5.74) is 3.07. The van der Waals surface area contributed by atoms with Gasteiger partial charge in [0.05, 0.1) is 5.52 Å². The van der Waals surface area contributed by atoms with Crippen molar-refractivity contribution < 1.29 is 0 Å². The van der Waals surface area contributed by atoms with Gasteiger partial charge in [-0.3, -0.25) is 0 Å². The van der Waals surface area contributed by atoms with Crippen molar-refractivity contribution in [2.75, 3.05) is 19.6 Å². The molecular formula is C14H20N4S. The van der Waals surface area contributed by atoms with Crippen LogP contribution in [0.25, 0.3) is 11.2 Å². The number of H-pyrrole nitrogens is 1. The van der Waals surface area contributed by atoms with Gasteiger partial charge in [-0.15, -0.1) is 0 Å². The number of hydrogen-bond acceptors (Lipinski definition) is 3. The first kappa shape index (κ1) is 12.8. The molecule has 1 saturated heterocycles.